The number of hydrogen-bond acceptors (Lipinski definition) is 6. The molecule has 2 N–H and O–H groups in total. The fourth-order valence-electron chi connectivity index (χ4n) is 5.65. The van der Waals surface area contributed by atoms with Crippen LogP contribution in [0.3, 0.4) is 0 Å². The summed E-state index contributed by atoms with van der Waals surface area (Å²) < 4.78 is 78.5. The molecule has 1 amide bonds. The molecule has 3 aliphatic rings. The Balaban J connectivity index is 1.34. The maximum atomic E-state index is 13.8. The average Bonchev–Trinajstić information content (AvgIpc) is 3.59. The van der Waals surface area contributed by atoms with Crippen LogP contribution in [-0.4, -0.2) is 56.2 Å². The lowest BCUT2D eigenvalue weighted by Gasteiger charge is -2.40. The first-order chi connectivity index (χ1) is 17.5. The molecule has 2 saturated carbocycles. The Labute approximate surface area is 216 Å². The highest BCUT2D eigenvalue weighted by Crippen LogP contribution is 2.51. The molecule has 2 aromatic carbocycles. The van der Waals surface area contributed by atoms with Crippen molar-refractivity contribution in [2.75, 3.05) is 25.1 Å². The fourth-order valence-corrected chi connectivity index (χ4v) is 8.49. The summed E-state index contributed by atoms with van der Waals surface area (Å²) in [6, 6.07) is 4.91. The molecular weight excluding hydrogens is 535 g/mol. The van der Waals surface area contributed by atoms with Gasteiger partial charge in [0.2, 0.25) is 0 Å². The Kier molecular flexibility index (Phi) is 7.03. The molecule has 2 aromatic rings. The van der Waals surface area contributed by atoms with Crippen LogP contribution in [0.1, 0.15) is 36.0 Å². The number of nitrogens with one attached hydrogen (secondary N) is 1. The van der Waals surface area contributed by atoms with Gasteiger partial charge in [0.15, 0.2) is 27.3 Å². The first kappa shape index (κ1) is 26.4. The minimum absolute atomic E-state index is 0.0600. The monoisotopic (exact) mass is 559 g/mol. The smallest absolute Gasteiger partial charge is 0.255 e. The molecule has 1 aliphatic heterocycles. The van der Waals surface area contributed by atoms with Crippen LogP contribution in [-0.2, 0) is 19.3 Å². The maximum Gasteiger partial charge on any atom is 0.255 e. The van der Waals surface area contributed by atoms with Crippen molar-refractivity contribution < 1.29 is 41.0 Å². The van der Waals surface area contributed by atoms with Crippen molar-refractivity contribution in [1.29, 1.82) is 0 Å². The van der Waals surface area contributed by atoms with Crippen LogP contribution < -0.4 is 5.32 Å². The van der Waals surface area contributed by atoms with E-state index in [1.54, 1.807) is 0 Å². The quantitative estimate of drug-likeness (QED) is 0.372. The lowest BCUT2D eigenvalue weighted by atomic mass is 9.77. The Morgan fingerprint density at radius 1 is 1.14 bits per heavy atom. The summed E-state index contributed by atoms with van der Waals surface area (Å²) >= 11 is 6.27. The molecule has 2 bridgehead atoms. The number of anilines is 1. The summed E-state index contributed by atoms with van der Waals surface area (Å²) in [7, 11) is -4.00. The number of amides is 1. The van der Waals surface area contributed by atoms with Gasteiger partial charge in [-0.25, -0.2) is 21.6 Å². The normalized spacial score (nSPS) is 28.8. The van der Waals surface area contributed by atoms with E-state index in [1.807, 2.05) is 0 Å². The second-order valence-electron chi connectivity index (χ2n) is 10.1. The van der Waals surface area contributed by atoms with E-state index < -0.39 is 44.0 Å². The molecule has 7 nitrogen and oxygen atoms in total. The molecule has 3 unspecified atom stereocenters. The summed E-state index contributed by atoms with van der Waals surface area (Å²) in [5.74, 6) is -6.10. The van der Waals surface area contributed by atoms with Gasteiger partial charge in [0, 0.05) is 23.4 Å². The number of hydrogen-bond donors (Lipinski definition) is 2. The number of halogens is 4. The number of carbonyl (C=O) groups is 1. The van der Waals surface area contributed by atoms with Crippen LogP contribution in [0.15, 0.2) is 35.2 Å². The Bertz CT molecular complexity index is 1300. The predicted octanol–water partition coefficient (Wildman–Crippen LogP) is 4.12. The van der Waals surface area contributed by atoms with Gasteiger partial charge in [-0.1, -0.05) is 11.6 Å². The minimum atomic E-state index is -4.00. The second kappa shape index (κ2) is 9.85. The number of aliphatic hydroxyl groups is 1. The van der Waals surface area contributed by atoms with Gasteiger partial charge in [-0.15, -0.1) is 0 Å². The zero-order valence-electron chi connectivity index (χ0n) is 19.6. The molecule has 0 aromatic heterocycles. The molecular formula is C25H25ClF3NO6S. The summed E-state index contributed by atoms with van der Waals surface area (Å²) in [5, 5.41) is 12.5. The van der Waals surface area contributed by atoms with Crippen LogP contribution in [0.25, 0.3) is 0 Å². The van der Waals surface area contributed by atoms with Gasteiger partial charge < -0.3 is 19.9 Å². The molecule has 1 saturated heterocycles. The van der Waals surface area contributed by atoms with Crippen molar-refractivity contribution >= 4 is 33.0 Å². The summed E-state index contributed by atoms with van der Waals surface area (Å²) in [4.78, 5) is 12.5. The van der Waals surface area contributed by atoms with Crippen molar-refractivity contribution in [2.45, 2.75) is 47.5 Å². The number of sulfone groups is 1. The maximum absolute atomic E-state index is 13.8. The van der Waals surface area contributed by atoms with Crippen LogP contribution in [0.4, 0.5) is 18.9 Å². The van der Waals surface area contributed by atoms with Gasteiger partial charge in [0.25, 0.3) is 5.91 Å². The highest BCUT2D eigenvalue weighted by molar-refractivity contribution is 7.92. The summed E-state index contributed by atoms with van der Waals surface area (Å²) in [6.45, 7) is 1.13. The predicted molar refractivity (Wildman–Crippen MR) is 128 cm³/mol. The van der Waals surface area contributed by atoms with Gasteiger partial charge in [-0.3, -0.25) is 4.79 Å². The van der Waals surface area contributed by atoms with Gasteiger partial charge in [-0.2, -0.15) is 0 Å². The SMILES string of the molecule is O=C(Nc1cc(F)c(F)c(F)c1)c1ccc(Cl)c(S(=O)(=O)[C@H]2C3CCC2C[C@](O)(COCC2CO2)C3)c1. The average molecular weight is 560 g/mol. The Morgan fingerprint density at radius 2 is 1.76 bits per heavy atom. The van der Waals surface area contributed by atoms with E-state index in [-0.39, 0.29) is 58.6 Å². The van der Waals surface area contributed by atoms with Crippen molar-refractivity contribution in [3.63, 3.8) is 0 Å². The van der Waals surface area contributed by atoms with E-state index in [1.165, 1.54) is 12.1 Å². The molecule has 1 heterocycles. The van der Waals surface area contributed by atoms with Gasteiger partial charge in [0.1, 0.15) is 6.10 Å². The lowest BCUT2D eigenvalue weighted by molar-refractivity contribution is -0.0842. The first-order valence-electron chi connectivity index (χ1n) is 11.9. The van der Waals surface area contributed by atoms with Crippen molar-refractivity contribution in [3.05, 3.63) is 58.4 Å². The van der Waals surface area contributed by atoms with Gasteiger partial charge in [0.05, 0.1) is 40.6 Å². The molecule has 3 fully saturated rings. The number of epoxide rings is 1. The Morgan fingerprint density at radius 3 is 2.35 bits per heavy atom. The zero-order valence-corrected chi connectivity index (χ0v) is 21.1. The molecule has 200 valence electrons. The van der Waals surface area contributed by atoms with E-state index in [0.29, 0.717) is 38.2 Å². The van der Waals surface area contributed by atoms with Gasteiger partial charge in [-0.05, 0) is 55.7 Å². The van der Waals surface area contributed by atoms with Crippen molar-refractivity contribution in [3.8, 4) is 0 Å². The number of ether oxygens (including phenoxy) is 2. The number of benzene rings is 2. The third-order valence-corrected chi connectivity index (χ3v) is 10.2. The standard InChI is InChI=1S/C25H25ClF3NO6S/c26-18-4-3-13(24(31)30-16-6-19(27)22(29)20(28)7-16)5-21(18)37(33,34)23-14-1-2-15(23)9-25(32,8-14)12-35-10-17-11-36-17/h3-7,14-15,17,23,32H,1-2,8-12H2,(H,30,31)/t14?,15?,17?,23-,25-. The van der Waals surface area contributed by atoms with E-state index in [9.17, 15) is 31.5 Å². The van der Waals surface area contributed by atoms with E-state index >= 15 is 0 Å². The topological polar surface area (TPSA) is 105 Å². The van der Waals surface area contributed by atoms with Crippen LogP contribution in [0, 0.1) is 29.3 Å². The highest BCUT2D eigenvalue weighted by atomic mass is 35.5. The molecule has 3 atom stereocenters. The zero-order chi connectivity index (χ0) is 26.5. The molecule has 37 heavy (non-hydrogen) atoms. The molecule has 12 heteroatoms. The van der Waals surface area contributed by atoms with E-state index in [0.717, 1.165) is 6.07 Å². The van der Waals surface area contributed by atoms with Crippen LogP contribution in [0.2, 0.25) is 5.02 Å². The summed E-state index contributed by atoms with van der Waals surface area (Å²) in [5.41, 5.74) is -1.57. The second-order valence-corrected chi connectivity index (χ2v) is 12.5. The first-order valence-corrected chi connectivity index (χ1v) is 13.8. The van der Waals surface area contributed by atoms with Gasteiger partial charge >= 0.3 is 0 Å². The number of fused-ring (bicyclic) bond motifs is 2. The number of carbonyl (C=O) groups excluding carboxylic acids is 1. The third-order valence-electron chi connectivity index (χ3n) is 7.30. The van der Waals surface area contributed by atoms with Crippen molar-refractivity contribution in [1.82, 2.24) is 0 Å². The van der Waals surface area contributed by atoms with Crippen LogP contribution in [0.5, 0.6) is 0 Å². The summed E-state index contributed by atoms with van der Waals surface area (Å²) in [6.07, 6.45) is 1.84. The van der Waals surface area contributed by atoms with Crippen molar-refractivity contribution in [2.24, 2.45) is 11.8 Å². The Hall–Kier alpha value is -2.18. The fraction of sp³-hybridized carbons (Fsp3) is 0.480. The minimum Gasteiger partial charge on any atom is -0.387 e. The lowest BCUT2D eigenvalue weighted by Crippen LogP contribution is -2.48. The molecule has 0 radical (unpaired) electrons. The highest BCUT2D eigenvalue weighted by Gasteiger charge is 2.54. The molecule has 2 aliphatic carbocycles. The van der Waals surface area contributed by atoms with Crippen LogP contribution >= 0.6 is 11.6 Å². The van der Waals surface area contributed by atoms with E-state index in [2.05, 4.69) is 5.32 Å². The van der Waals surface area contributed by atoms with E-state index in [4.69, 9.17) is 21.1 Å². The molecule has 0 spiro atoms. The largest absolute Gasteiger partial charge is 0.387 e. The molecule has 5 rings (SSSR count). The number of rotatable bonds is 8. The third kappa shape index (κ3) is 5.37.